The van der Waals surface area contributed by atoms with Gasteiger partial charge in [-0.05, 0) is 70.5 Å². The zero-order chi connectivity index (χ0) is 16.8. The molecule has 0 radical (unpaired) electrons. The quantitative estimate of drug-likeness (QED) is 0.636. The third kappa shape index (κ3) is 4.57. The van der Waals surface area contributed by atoms with Gasteiger partial charge in [-0.1, -0.05) is 0 Å². The molecule has 0 atom stereocenters. The number of pyridine rings is 1. The van der Waals surface area contributed by atoms with E-state index in [1.165, 1.54) is 6.08 Å². The van der Waals surface area contributed by atoms with Crippen molar-refractivity contribution in [2.24, 2.45) is 0 Å². The van der Waals surface area contributed by atoms with E-state index in [1.54, 1.807) is 60.9 Å². The number of carbonyl (C=O) groups is 1. The number of anilines is 1. The van der Waals surface area contributed by atoms with Gasteiger partial charge in [-0.15, -0.1) is 0 Å². The Bertz CT molecular complexity index is 842. The summed E-state index contributed by atoms with van der Waals surface area (Å²) in [6, 6.07) is 14.2. The first kappa shape index (κ1) is 16.0. The summed E-state index contributed by atoms with van der Waals surface area (Å²) in [7, 11) is 0. The highest BCUT2D eigenvalue weighted by Gasteiger charge is 2.01. The van der Waals surface area contributed by atoms with E-state index in [0.717, 1.165) is 0 Å². The molecule has 0 bridgehead atoms. The van der Waals surface area contributed by atoms with E-state index < -0.39 is 0 Å². The molecule has 2 aromatic heterocycles. The van der Waals surface area contributed by atoms with Crippen molar-refractivity contribution in [3.63, 3.8) is 0 Å². The normalized spacial score (nSPS) is 10.7. The number of rotatable bonds is 5. The molecule has 6 heteroatoms. The van der Waals surface area contributed by atoms with Gasteiger partial charge in [0.2, 0.25) is 5.91 Å². The van der Waals surface area contributed by atoms with Crippen LogP contribution in [0.1, 0.15) is 5.76 Å². The lowest BCUT2D eigenvalue weighted by atomic mass is 10.3. The molecule has 120 valence electrons. The molecule has 5 nitrogen and oxygen atoms in total. The predicted octanol–water partition coefficient (Wildman–Crippen LogP) is 4.88. The summed E-state index contributed by atoms with van der Waals surface area (Å²) in [6.07, 6.45) is 6.32. The van der Waals surface area contributed by atoms with E-state index in [9.17, 15) is 4.79 Å². The minimum absolute atomic E-state index is 0.247. The van der Waals surface area contributed by atoms with Crippen LogP contribution in [0.2, 0.25) is 0 Å². The number of amides is 1. The molecule has 0 spiro atoms. The summed E-state index contributed by atoms with van der Waals surface area (Å²) < 4.78 is 11.5. The Morgan fingerprint density at radius 1 is 1.12 bits per heavy atom. The van der Waals surface area contributed by atoms with Gasteiger partial charge in [-0.3, -0.25) is 9.78 Å². The Labute approximate surface area is 147 Å². The number of hydrogen-bond acceptors (Lipinski definition) is 4. The molecule has 2 heterocycles. The average molecular weight is 385 g/mol. The van der Waals surface area contributed by atoms with Crippen molar-refractivity contribution < 1.29 is 13.9 Å². The van der Waals surface area contributed by atoms with Crippen molar-refractivity contribution in [2.45, 2.75) is 0 Å². The summed E-state index contributed by atoms with van der Waals surface area (Å²) in [5, 5.41) is 2.76. The van der Waals surface area contributed by atoms with Gasteiger partial charge in [0, 0.05) is 18.0 Å². The molecule has 1 amide bonds. The lowest BCUT2D eigenvalue weighted by Crippen LogP contribution is -2.07. The molecule has 24 heavy (non-hydrogen) atoms. The molecule has 0 aliphatic rings. The molecule has 0 saturated heterocycles. The Hall–Kier alpha value is -2.86. The van der Waals surface area contributed by atoms with Gasteiger partial charge in [0.1, 0.15) is 17.3 Å². The fourth-order valence-corrected chi connectivity index (χ4v) is 2.23. The molecule has 1 N–H and O–H groups in total. The van der Waals surface area contributed by atoms with Crippen LogP contribution in [-0.4, -0.2) is 10.9 Å². The van der Waals surface area contributed by atoms with E-state index in [2.05, 4.69) is 26.2 Å². The second-order valence-electron chi connectivity index (χ2n) is 4.78. The monoisotopic (exact) mass is 384 g/mol. The number of nitrogens with zero attached hydrogens (tertiary/aromatic N) is 1. The van der Waals surface area contributed by atoms with Gasteiger partial charge in [0.15, 0.2) is 4.67 Å². The molecule has 3 aromatic rings. The van der Waals surface area contributed by atoms with Crippen molar-refractivity contribution in [1.29, 1.82) is 0 Å². The van der Waals surface area contributed by atoms with Crippen LogP contribution >= 0.6 is 15.9 Å². The molecule has 0 unspecified atom stereocenters. The van der Waals surface area contributed by atoms with Gasteiger partial charge in [0.25, 0.3) is 0 Å². The maximum Gasteiger partial charge on any atom is 0.248 e. The Kier molecular flexibility index (Phi) is 5.08. The number of nitrogens with one attached hydrogen (secondary N) is 1. The Balaban J connectivity index is 1.57. The molecular formula is C18H13BrN2O3. The summed E-state index contributed by atoms with van der Waals surface area (Å²) in [5.74, 6) is 1.67. The lowest BCUT2D eigenvalue weighted by molar-refractivity contribution is -0.111. The molecule has 0 saturated carbocycles. The predicted molar refractivity (Wildman–Crippen MR) is 94.8 cm³/mol. The van der Waals surface area contributed by atoms with Crippen molar-refractivity contribution in [3.8, 4) is 11.5 Å². The molecule has 0 fully saturated rings. The minimum Gasteiger partial charge on any atom is -0.456 e. The molecule has 0 aliphatic heterocycles. The summed E-state index contributed by atoms with van der Waals surface area (Å²) in [6.45, 7) is 0. The smallest absolute Gasteiger partial charge is 0.248 e. The largest absolute Gasteiger partial charge is 0.456 e. The van der Waals surface area contributed by atoms with Gasteiger partial charge in [-0.25, -0.2) is 0 Å². The van der Waals surface area contributed by atoms with Crippen LogP contribution in [0.3, 0.4) is 0 Å². The number of carbonyl (C=O) groups excluding carboxylic acids is 1. The van der Waals surface area contributed by atoms with Crippen LogP contribution in [0.5, 0.6) is 11.5 Å². The van der Waals surface area contributed by atoms with Crippen molar-refractivity contribution in [1.82, 2.24) is 4.98 Å². The highest BCUT2D eigenvalue weighted by molar-refractivity contribution is 9.10. The highest BCUT2D eigenvalue weighted by atomic mass is 79.9. The van der Waals surface area contributed by atoms with Gasteiger partial charge >= 0.3 is 0 Å². The Morgan fingerprint density at radius 2 is 1.96 bits per heavy atom. The SMILES string of the molecule is O=C(/C=C/c1ccc(Br)o1)Nc1ccc(Oc2cccnc2)cc1. The van der Waals surface area contributed by atoms with Gasteiger partial charge < -0.3 is 14.5 Å². The molecular weight excluding hydrogens is 372 g/mol. The van der Waals surface area contributed by atoms with Crippen LogP contribution in [0.4, 0.5) is 5.69 Å². The van der Waals surface area contributed by atoms with Crippen LogP contribution in [-0.2, 0) is 4.79 Å². The van der Waals surface area contributed by atoms with Crippen LogP contribution < -0.4 is 10.1 Å². The first-order chi connectivity index (χ1) is 11.7. The van der Waals surface area contributed by atoms with E-state index in [1.807, 2.05) is 6.07 Å². The third-order valence-electron chi connectivity index (χ3n) is 2.98. The fraction of sp³-hybridized carbons (Fsp3) is 0. The van der Waals surface area contributed by atoms with Crippen LogP contribution in [0, 0.1) is 0 Å². The summed E-state index contributed by atoms with van der Waals surface area (Å²) >= 11 is 3.21. The molecule has 1 aromatic carbocycles. The number of halogens is 1. The number of hydrogen-bond donors (Lipinski definition) is 1. The number of benzene rings is 1. The topological polar surface area (TPSA) is 64.4 Å². The minimum atomic E-state index is -0.247. The van der Waals surface area contributed by atoms with Gasteiger partial charge in [0.05, 0.1) is 6.20 Å². The van der Waals surface area contributed by atoms with Crippen LogP contribution in [0.15, 0.2) is 76.1 Å². The zero-order valence-electron chi connectivity index (χ0n) is 12.5. The number of furan rings is 1. The van der Waals surface area contributed by atoms with Crippen molar-refractivity contribution >= 4 is 33.6 Å². The zero-order valence-corrected chi connectivity index (χ0v) is 14.1. The van der Waals surface area contributed by atoms with E-state index >= 15 is 0 Å². The highest BCUT2D eigenvalue weighted by Crippen LogP contribution is 2.22. The van der Waals surface area contributed by atoms with Crippen LogP contribution in [0.25, 0.3) is 6.08 Å². The lowest BCUT2D eigenvalue weighted by Gasteiger charge is -2.06. The molecule has 3 rings (SSSR count). The number of ether oxygens (including phenoxy) is 1. The van der Waals surface area contributed by atoms with Crippen molar-refractivity contribution in [3.05, 3.63) is 77.4 Å². The summed E-state index contributed by atoms with van der Waals surface area (Å²) in [4.78, 5) is 15.9. The third-order valence-corrected chi connectivity index (χ3v) is 3.41. The van der Waals surface area contributed by atoms with E-state index in [-0.39, 0.29) is 5.91 Å². The maximum absolute atomic E-state index is 11.9. The maximum atomic E-state index is 11.9. The second kappa shape index (κ2) is 7.61. The van der Waals surface area contributed by atoms with Gasteiger partial charge in [-0.2, -0.15) is 0 Å². The first-order valence-electron chi connectivity index (χ1n) is 7.11. The van der Waals surface area contributed by atoms with Crippen molar-refractivity contribution in [2.75, 3.05) is 5.32 Å². The Morgan fingerprint density at radius 3 is 2.62 bits per heavy atom. The molecule has 0 aliphatic carbocycles. The average Bonchev–Trinajstić information content (AvgIpc) is 3.01. The van der Waals surface area contributed by atoms with E-state index in [0.29, 0.717) is 27.6 Å². The van der Waals surface area contributed by atoms with E-state index in [4.69, 9.17) is 9.15 Å². The summed E-state index contributed by atoms with van der Waals surface area (Å²) in [5.41, 5.74) is 0.670. The first-order valence-corrected chi connectivity index (χ1v) is 7.91. The second-order valence-corrected chi connectivity index (χ2v) is 5.56. The standard InChI is InChI=1S/C18H13BrN2O3/c19-17-9-7-15(24-17)8-10-18(22)21-13-3-5-14(6-4-13)23-16-2-1-11-20-12-16/h1-12H,(H,21,22)/b10-8+. The fourth-order valence-electron chi connectivity index (χ4n) is 1.91. The number of aromatic nitrogens is 1.